The SMILES string of the molecule is Nc1c(F)cnc(Cl)c1Cl. The van der Waals surface area contributed by atoms with Gasteiger partial charge < -0.3 is 5.73 Å². The molecule has 0 spiro atoms. The van der Waals surface area contributed by atoms with Gasteiger partial charge in [-0.1, -0.05) is 23.2 Å². The van der Waals surface area contributed by atoms with Crippen LogP contribution in [0.5, 0.6) is 0 Å². The van der Waals surface area contributed by atoms with Gasteiger partial charge in [0.1, 0.15) is 10.2 Å². The highest BCUT2D eigenvalue weighted by molar-refractivity contribution is 6.42. The third kappa shape index (κ3) is 1.15. The first-order valence-electron chi connectivity index (χ1n) is 2.38. The molecular formula is C5H3Cl2FN2. The van der Waals surface area contributed by atoms with Crippen molar-refractivity contribution < 1.29 is 4.39 Å². The van der Waals surface area contributed by atoms with Crippen molar-refractivity contribution in [2.75, 3.05) is 5.73 Å². The van der Waals surface area contributed by atoms with Gasteiger partial charge in [0, 0.05) is 0 Å². The summed E-state index contributed by atoms with van der Waals surface area (Å²) in [6.45, 7) is 0. The number of aromatic nitrogens is 1. The van der Waals surface area contributed by atoms with Crippen LogP contribution in [0.1, 0.15) is 0 Å². The second-order valence-electron chi connectivity index (χ2n) is 1.62. The standard InChI is InChI=1S/C5H3Cl2FN2/c6-3-4(9)2(8)1-10-5(3)7/h1H,(H2,9,10). The smallest absolute Gasteiger partial charge is 0.165 e. The Morgan fingerprint density at radius 1 is 1.50 bits per heavy atom. The lowest BCUT2D eigenvalue weighted by Gasteiger charge is -1.98. The number of rotatable bonds is 0. The van der Waals surface area contributed by atoms with Gasteiger partial charge in [0.25, 0.3) is 0 Å². The Morgan fingerprint density at radius 3 is 2.60 bits per heavy atom. The van der Waals surface area contributed by atoms with E-state index in [1.807, 2.05) is 0 Å². The fraction of sp³-hybridized carbons (Fsp3) is 0. The molecule has 0 amide bonds. The van der Waals surface area contributed by atoms with E-state index in [2.05, 4.69) is 4.98 Å². The van der Waals surface area contributed by atoms with E-state index in [1.165, 1.54) is 0 Å². The Bertz CT molecular complexity index is 237. The van der Waals surface area contributed by atoms with Gasteiger partial charge in [-0.2, -0.15) is 0 Å². The summed E-state index contributed by atoms with van der Waals surface area (Å²) in [5.74, 6) is -0.658. The number of nitrogens with two attached hydrogens (primary N) is 1. The Kier molecular flexibility index (Phi) is 1.97. The average molecular weight is 181 g/mol. The lowest BCUT2D eigenvalue weighted by molar-refractivity contribution is 0.626. The summed E-state index contributed by atoms with van der Waals surface area (Å²) in [4.78, 5) is 3.42. The summed E-state index contributed by atoms with van der Waals surface area (Å²) in [5.41, 5.74) is 4.99. The number of hydrogen-bond acceptors (Lipinski definition) is 2. The number of pyridine rings is 1. The van der Waals surface area contributed by atoms with E-state index in [0.29, 0.717) is 0 Å². The highest BCUT2D eigenvalue weighted by Gasteiger charge is 2.07. The van der Waals surface area contributed by atoms with E-state index in [1.54, 1.807) is 0 Å². The monoisotopic (exact) mass is 180 g/mol. The van der Waals surface area contributed by atoms with Crippen molar-refractivity contribution in [1.29, 1.82) is 0 Å². The van der Waals surface area contributed by atoms with Gasteiger partial charge >= 0.3 is 0 Å². The van der Waals surface area contributed by atoms with E-state index >= 15 is 0 Å². The summed E-state index contributed by atoms with van der Waals surface area (Å²) < 4.78 is 12.4. The third-order valence-electron chi connectivity index (χ3n) is 0.966. The van der Waals surface area contributed by atoms with E-state index < -0.39 is 5.82 Å². The minimum atomic E-state index is -0.658. The van der Waals surface area contributed by atoms with Crippen molar-refractivity contribution in [2.45, 2.75) is 0 Å². The minimum Gasteiger partial charge on any atom is -0.395 e. The van der Waals surface area contributed by atoms with Gasteiger partial charge in [-0.05, 0) is 0 Å². The topological polar surface area (TPSA) is 38.9 Å². The number of nitrogen functional groups attached to an aromatic ring is 1. The number of nitrogens with zero attached hydrogens (tertiary/aromatic N) is 1. The Morgan fingerprint density at radius 2 is 2.10 bits per heavy atom. The van der Waals surface area contributed by atoms with Crippen molar-refractivity contribution in [3.05, 3.63) is 22.2 Å². The molecule has 0 bridgehead atoms. The second-order valence-corrected chi connectivity index (χ2v) is 2.36. The predicted molar refractivity (Wildman–Crippen MR) is 38.6 cm³/mol. The molecule has 0 aliphatic heterocycles. The molecule has 1 aromatic heterocycles. The van der Waals surface area contributed by atoms with Crippen LogP contribution in [0.15, 0.2) is 6.20 Å². The predicted octanol–water partition coefficient (Wildman–Crippen LogP) is 2.11. The molecular weight excluding hydrogens is 178 g/mol. The molecule has 1 rings (SSSR count). The Hall–Kier alpha value is -0.540. The molecule has 0 saturated carbocycles. The van der Waals surface area contributed by atoms with Crippen LogP contribution in [0, 0.1) is 5.82 Å². The molecule has 0 aliphatic rings. The highest BCUT2D eigenvalue weighted by atomic mass is 35.5. The Balaban J connectivity index is 3.34. The van der Waals surface area contributed by atoms with E-state index in [4.69, 9.17) is 28.9 Å². The molecule has 0 atom stereocenters. The second kappa shape index (κ2) is 2.60. The summed E-state index contributed by atoms with van der Waals surface area (Å²) in [7, 11) is 0. The summed E-state index contributed by atoms with van der Waals surface area (Å²) in [6, 6.07) is 0. The zero-order valence-corrected chi connectivity index (χ0v) is 6.25. The van der Waals surface area contributed by atoms with Crippen LogP contribution in [0.3, 0.4) is 0 Å². The van der Waals surface area contributed by atoms with Crippen LogP contribution < -0.4 is 5.73 Å². The quantitative estimate of drug-likeness (QED) is 0.622. The van der Waals surface area contributed by atoms with Gasteiger partial charge in [-0.3, -0.25) is 0 Å². The van der Waals surface area contributed by atoms with Crippen LogP contribution in [-0.2, 0) is 0 Å². The number of hydrogen-bond donors (Lipinski definition) is 1. The molecule has 1 aromatic rings. The van der Waals surface area contributed by atoms with Gasteiger partial charge in [0.2, 0.25) is 0 Å². The largest absolute Gasteiger partial charge is 0.395 e. The molecule has 0 fully saturated rings. The highest BCUT2D eigenvalue weighted by Crippen LogP contribution is 2.27. The fourth-order valence-electron chi connectivity index (χ4n) is 0.456. The van der Waals surface area contributed by atoms with Gasteiger partial charge in [-0.25, -0.2) is 9.37 Å². The van der Waals surface area contributed by atoms with Gasteiger partial charge in [0.15, 0.2) is 5.82 Å². The van der Waals surface area contributed by atoms with Crippen LogP contribution in [0.2, 0.25) is 10.2 Å². The van der Waals surface area contributed by atoms with Gasteiger partial charge in [0.05, 0.1) is 11.9 Å². The average Bonchev–Trinajstić information content (AvgIpc) is 1.93. The molecule has 2 nitrogen and oxygen atoms in total. The molecule has 0 unspecified atom stereocenters. The maximum Gasteiger partial charge on any atom is 0.165 e. The zero-order chi connectivity index (χ0) is 7.72. The van der Waals surface area contributed by atoms with Crippen molar-refractivity contribution >= 4 is 28.9 Å². The first-order valence-corrected chi connectivity index (χ1v) is 3.13. The van der Waals surface area contributed by atoms with E-state index in [9.17, 15) is 4.39 Å². The molecule has 0 saturated heterocycles. The zero-order valence-electron chi connectivity index (χ0n) is 4.74. The van der Waals surface area contributed by atoms with E-state index in [-0.39, 0.29) is 15.9 Å². The van der Waals surface area contributed by atoms with Crippen LogP contribution >= 0.6 is 23.2 Å². The third-order valence-corrected chi connectivity index (χ3v) is 1.73. The van der Waals surface area contributed by atoms with Gasteiger partial charge in [-0.15, -0.1) is 0 Å². The first-order chi connectivity index (χ1) is 4.63. The number of halogens is 3. The minimum absolute atomic E-state index is 0.0144. The van der Waals surface area contributed by atoms with Crippen molar-refractivity contribution in [2.24, 2.45) is 0 Å². The molecule has 1 heterocycles. The molecule has 0 radical (unpaired) electrons. The Labute approximate surface area is 66.8 Å². The van der Waals surface area contributed by atoms with Crippen molar-refractivity contribution in [3.8, 4) is 0 Å². The maximum absolute atomic E-state index is 12.4. The lowest BCUT2D eigenvalue weighted by atomic mass is 10.4. The van der Waals surface area contributed by atoms with Crippen LogP contribution in [0.25, 0.3) is 0 Å². The maximum atomic E-state index is 12.4. The summed E-state index contributed by atoms with van der Waals surface area (Å²) in [6.07, 6.45) is 0.920. The number of anilines is 1. The van der Waals surface area contributed by atoms with Crippen molar-refractivity contribution in [3.63, 3.8) is 0 Å². The van der Waals surface area contributed by atoms with Crippen LogP contribution in [-0.4, -0.2) is 4.98 Å². The molecule has 0 aromatic carbocycles. The van der Waals surface area contributed by atoms with Crippen LogP contribution in [0.4, 0.5) is 10.1 Å². The molecule has 2 N–H and O–H groups in total. The summed E-state index contributed by atoms with van der Waals surface area (Å²) in [5, 5.41) is -0.0257. The normalized spacial score (nSPS) is 9.90. The lowest BCUT2D eigenvalue weighted by Crippen LogP contribution is -1.93. The molecule has 10 heavy (non-hydrogen) atoms. The first kappa shape index (κ1) is 7.57. The van der Waals surface area contributed by atoms with E-state index in [0.717, 1.165) is 6.20 Å². The molecule has 0 aliphatic carbocycles. The fourth-order valence-corrected chi connectivity index (χ4v) is 0.745. The summed E-state index contributed by atoms with van der Waals surface area (Å²) >= 11 is 10.8. The molecule has 5 heteroatoms. The van der Waals surface area contributed by atoms with Crippen molar-refractivity contribution in [1.82, 2.24) is 4.98 Å². The molecule has 54 valence electrons.